The van der Waals surface area contributed by atoms with Crippen LogP contribution in [0.2, 0.25) is 0 Å². The van der Waals surface area contributed by atoms with Crippen LogP contribution in [0.25, 0.3) is 0 Å². The molecule has 1 aromatic rings. The molecular formula is C20H29F2IN4O. The van der Waals surface area contributed by atoms with Crippen LogP contribution in [0.5, 0.6) is 0 Å². The number of rotatable bonds is 5. The monoisotopic (exact) mass is 506 g/mol. The minimum Gasteiger partial charge on any atom is -0.353 e. The highest BCUT2D eigenvalue weighted by atomic mass is 127. The van der Waals surface area contributed by atoms with E-state index in [-0.39, 0.29) is 59.4 Å². The van der Waals surface area contributed by atoms with Crippen molar-refractivity contribution in [1.82, 2.24) is 15.5 Å². The lowest BCUT2D eigenvalue weighted by atomic mass is 10.1. The fraction of sp³-hybridized carbons (Fsp3) is 0.600. The van der Waals surface area contributed by atoms with Gasteiger partial charge < -0.3 is 15.5 Å². The molecule has 3 atom stereocenters. The van der Waals surface area contributed by atoms with Crippen LogP contribution in [0.4, 0.5) is 8.78 Å². The number of hydrogen-bond acceptors (Lipinski definition) is 2. The van der Waals surface area contributed by atoms with Crippen molar-refractivity contribution in [3.8, 4) is 0 Å². The molecule has 1 amide bonds. The molecule has 2 N–H and O–H groups in total. The van der Waals surface area contributed by atoms with Gasteiger partial charge in [-0.1, -0.05) is 19.9 Å². The Hall–Kier alpha value is -1.45. The number of hydrogen-bond donors (Lipinski definition) is 2. The highest BCUT2D eigenvalue weighted by molar-refractivity contribution is 14.0. The van der Waals surface area contributed by atoms with Crippen molar-refractivity contribution in [2.24, 2.45) is 10.9 Å². The maximum atomic E-state index is 14.0. The molecule has 1 saturated heterocycles. The molecule has 1 aliphatic carbocycles. The van der Waals surface area contributed by atoms with Crippen LogP contribution in [0, 0.1) is 17.6 Å². The summed E-state index contributed by atoms with van der Waals surface area (Å²) in [6.07, 6.45) is 1.53. The molecule has 0 bridgehead atoms. The second-order valence-electron chi connectivity index (χ2n) is 7.62. The third kappa shape index (κ3) is 5.33. The van der Waals surface area contributed by atoms with E-state index in [0.29, 0.717) is 25.5 Å². The quantitative estimate of drug-likeness (QED) is 0.367. The van der Waals surface area contributed by atoms with Gasteiger partial charge in [0.15, 0.2) is 5.96 Å². The predicted octanol–water partition coefficient (Wildman–Crippen LogP) is 3.25. The zero-order valence-corrected chi connectivity index (χ0v) is 18.9. The summed E-state index contributed by atoms with van der Waals surface area (Å²) in [5, 5.41) is 6.66. The number of amides is 1. The predicted molar refractivity (Wildman–Crippen MR) is 117 cm³/mol. The molecule has 1 aromatic carbocycles. The zero-order valence-electron chi connectivity index (χ0n) is 16.5. The first kappa shape index (κ1) is 22.8. The first-order valence-electron chi connectivity index (χ1n) is 9.70. The Morgan fingerprint density at radius 3 is 2.57 bits per heavy atom. The summed E-state index contributed by atoms with van der Waals surface area (Å²) in [6, 6.07) is 4.07. The summed E-state index contributed by atoms with van der Waals surface area (Å²) < 4.78 is 27.9. The number of likely N-dealkylation sites (tertiary alicyclic amines) is 1. The van der Waals surface area contributed by atoms with Gasteiger partial charge in [0.25, 0.3) is 0 Å². The molecule has 28 heavy (non-hydrogen) atoms. The Morgan fingerprint density at radius 1 is 1.29 bits per heavy atom. The highest BCUT2D eigenvalue weighted by Crippen LogP contribution is 2.43. The van der Waals surface area contributed by atoms with E-state index < -0.39 is 11.6 Å². The van der Waals surface area contributed by atoms with Crippen LogP contribution >= 0.6 is 24.0 Å². The summed E-state index contributed by atoms with van der Waals surface area (Å²) >= 11 is 0. The summed E-state index contributed by atoms with van der Waals surface area (Å²) in [5.74, 6) is -0.370. The Labute approximate surface area is 182 Å². The first-order chi connectivity index (χ1) is 12.9. The van der Waals surface area contributed by atoms with Gasteiger partial charge in [-0.3, -0.25) is 9.79 Å². The number of carbonyl (C=O) groups excluding carboxylic acids is 1. The van der Waals surface area contributed by atoms with Crippen molar-refractivity contribution in [2.75, 3.05) is 19.6 Å². The molecule has 8 heteroatoms. The van der Waals surface area contributed by atoms with Crippen molar-refractivity contribution in [1.29, 1.82) is 0 Å². The molecule has 1 heterocycles. The molecule has 0 spiro atoms. The molecule has 3 rings (SSSR count). The summed E-state index contributed by atoms with van der Waals surface area (Å²) in [5.41, 5.74) is 0.153. The molecule has 1 aliphatic heterocycles. The highest BCUT2D eigenvalue weighted by Gasteiger charge is 2.42. The van der Waals surface area contributed by atoms with E-state index in [2.05, 4.69) is 15.6 Å². The number of guanidine groups is 1. The van der Waals surface area contributed by atoms with Gasteiger partial charge in [0.1, 0.15) is 11.6 Å². The Kier molecular flexibility index (Phi) is 8.03. The molecule has 5 nitrogen and oxygen atoms in total. The van der Waals surface area contributed by atoms with Crippen LogP contribution in [-0.4, -0.2) is 48.5 Å². The Bertz CT molecular complexity index is 708. The summed E-state index contributed by atoms with van der Waals surface area (Å²) in [7, 11) is 0. The van der Waals surface area contributed by atoms with Gasteiger partial charge in [-0.2, -0.15) is 0 Å². The fourth-order valence-electron chi connectivity index (χ4n) is 3.64. The minimum absolute atomic E-state index is 0. The van der Waals surface area contributed by atoms with Gasteiger partial charge in [0.2, 0.25) is 5.91 Å². The summed E-state index contributed by atoms with van der Waals surface area (Å²) in [6.45, 7) is 7.74. The van der Waals surface area contributed by atoms with Gasteiger partial charge in [0, 0.05) is 49.1 Å². The van der Waals surface area contributed by atoms with Crippen molar-refractivity contribution in [3.05, 3.63) is 35.4 Å². The van der Waals surface area contributed by atoms with E-state index in [9.17, 15) is 13.6 Å². The SMILES string of the molecule is CCN=C(NC1CCN(C(=O)C(C)C)C1)NC1CC1c1c(F)cccc1F.I. The maximum absolute atomic E-state index is 14.0. The van der Waals surface area contributed by atoms with Crippen molar-refractivity contribution in [2.45, 2.75) is 51.6 Å². The Balaban J connectivity index is 0.00000280. The normalized spacial score (nSPS) is 24.1. The van der Waals surface area contributed by atoms with Crippen LogP contribution in [-0.2, 0) is 4.79 Å². The van der Waals surface area contributed by atoms with Gasteiger partial charge >= 0.3 is 0 Å². The van der Waals surface area contributed by atoms with E-state index >= 15 is 0 Å². The number of nitrogens with one attached hydrogen (secondary N) is 2. The fourth-order valence-corrected chi connectivity index (χ4v) is 3.64. The number of carbonyl (C=O) groups is 1. The van der Waals surface area contributed by atoms with E-state index in [1.54, 1.807) is 0 Å². The largest absolute Gasteiger partial charge is 0.353 e. The van der Waals surface area contributed by atoms with E-state index in [1.165, 1.54) is 18.2 Å². The molecule has 3 unspecified atom stereocenters. The smallest absolute Gasteiger partial charge is 0.225 e. The second-order valence-corrected chi connectivity index (χ2v) is 7.62. The van der Waals surface area contributed by atoms with Gasteiger partial charge in [0.05, 0.1) is 0 Å². The van der Waals surface area contributed by atoms with Crippen LogP contribution < -0.4 is 10.6 Å². The average Bonchev–Trinajstić information content (AvgIpc) is 3.19. The third-order valence-corrected chi connectivity index (χ3v) is 5.13. The second kappa shape index (κ2) is 9.84. The third-order valence-electron chi connectivity index (χ3n) is 5.13. The number of halogens is 3. The van der Waals surface area contributed by atoms with Crippen LogP contribution in [0.1, 0.15) is 45.1 Å². The molecular weight excluding hydrogens is 477 g/mol. The lowest BCUT2D eigenvalue weighted by Gasteiger charge is -2.20. The molecule has 2 fully saturated rings. The molecule has 2 aliphatic rings. The number of nitrogens with zero attached hydrogens (tertiary/aromatic N) is 2. The van der Waals surface area contributed by atoms with E-state index in [1.807, 2.05) is 25.7 Å². The maximum Gasteiger partial charge on any atom is 0.225 e. The standard InChI is InChI=1S/C20H28F2N4O.HI/c1-4-23-20(24-13-8-9-26(11-13)19(27)12(2)3)25-17-10-14(17)18-15(21)6-5-7-16(18)22;/h5-7,12-14,17H,4,8-11H2,1-3H3,(H2,23,24,25);1H. The lowest BCUT2D eigenvalue weighted by Crippen LogP contribution is -2.46. The van der Waals surface area contributed by atoms with Crippen molar-refractivity contribution >= 4 is 35.8 Å². The Morgan fingerprint density at radius 2 is 1.96 bits per heavy atom. The van der Waals surface area contributed by atoms with Gasteiger partial charge in [-0.05, 0) is 31.9 Å². The summed E-state index contributed by atoms with van der Waals surface area (Å²) in [4.78, 5) is 18.5. The number of benzene rings is 1. The zero-order chi connectivity index (χ0) is 19.6. The minimum atomic E-state index is -0.495. The molecule has 156 valence electrons. The van der Waals surface area contributed by atoms with Crippen LogP contribution in [0.3, 0.4) is 0 Å². The van der Waals surface area contributed by atoms with Crippen LogP contribution in [0.15, 0.2) is 23.2 Å². The van der Waals surface area contributed by atoms with E-state index in [4.69, 9.17) is 0 Å². The average molecular weight is 506 g/mol. The lowest BCUT2D eigenvalue weighted by molar-refractivity contribution is -0.133. The molecule has 1 saturated carbocycles. The molecule has 0 radical (unpaired) electrons. The topological polar surface area (TPSA) is 56.7 Å². The molecule has 0 aromatic heterocycles. The van der Waals surface area contributed by atoms with Crippen molar-refractivity contribution < 1.29 is 13.6 Å². The van der Waals surface area contributed by atoms with Crippen molar-refractivity contribution in [3.63, 3.8) is 0 Å². The van der Waals surface area contributed by atoms with Gasteiger partial charge in [-0.15, -0.1) is 24.0 Å². The van der Waals surface area contributed by atoms with E-state index in [0.717, 1.165) is 13.0 Å². The first-order valence-corrected chi connectivity index (χ1v) is 9.70. The van der Waals surface area contributed by atoms with Gasteiger partial charge in [-0.25, -0.2) is 8.78 Å². The number of aliphatic imine (C=N–C) groups is 1.